The molecule has 0 saturated heterocycles. The van der Waals surface area contributed by atoms with Gasteiger partial charge >= 0.3 is 0 Å². The van der Waals surface area contributed by atoms with Gasteiger partial charge in [0.2, 0.25) is 5.96 Å². The molecule has 2 saturated carbocycles. The molecule has 4 N–H and O–H groups in total. The number of hydrazine groups is 1. The molecule has 104 valence electrons. The fourth-order valence-electron chi connectivity index (χ4n) is 3.59. The summed E-state index contributed by atoms with van der Waals surface area (Å²) in [5.74, 6) is 8.00. The summed E-state index contributed by atoms with van der Waals surface area (Å²) in [5, 5.41) is 3.51. The Balaban J connectivity index is 1.88. The van der Waals surface area contributed by atoms with Gasteiger partial charge in [0.1, 0.15) is 0 Å². The van der Waals surface area contributed by atoms with Crippen LogP contribution >= 0.6 is 0 Å². The average Bonchev–Trinajstić information content (AvgIpc) is 2.79. The lowest BCUT2D eigenvalue weighted by Crippen LogP contribution is -2.49. The predicted molar refractivity (Wildman–Crippen MR) is 76.1 cm³/mol. The molecule has 2 aliphatic rings. The highest BCUT2D eigenvalue weighted by atomic mass is 15.3. The van der Waals surface area contributed by atoms with Crippen LogP contribution in [0.3, 0.4) is 0 Å². The second kappa shape index (κ2) is 6.41. The lowest BCUT2D eigenvalue weighted by molar-refractivity contribution is 0.255. The molecule has 2 rings (SSSR count). The van der Waals surface area contributed by atoms with Crippen molar-refractivity contribution >= 4 is 5.96 Å². The van der Waals surface area contributed by atoms with Gasteiger partial charge in [-0.25, -0.2) is 10.8 Å². The number of nitrogens with two attached hydrogens (primary N) is 1. The topological polar surface area (TPSA) is 62.4 Å². The Kier molecular flexibility index (Phi) is 4.87. The van der Waals surface area contributed by atoms with Crippen LogP contribution < -0.4 is 16.6 Å². The molecule has 4 nitrogen and oxygen atoms in total. The summed E-state index contributed by atoms with van der Waals surface area (Å²) in [6, 6.07) is 1.00. The van der Waals surface area contributed by atoms with Crippen LogP contribution in [0, 0.1) is 11.8 Å². The highest BCUT2D eigenvalue weighted by Gasteiger charge is 2.24. The lowest BCUT2D eigenvalue weighted by atomic mass is 9.80. The molecular formula is C14H28N4. The Morgan fingerprint density at radius 3 is 2.22 bits per heavy atom. The Labute approximate surface area is 111 Å². The summed E-state index contributed by atoms with van der Waals surface area (Å²) in [5.41, 5.74) is 2.74. The fourth-order valence-corrected chi connectivity index (χ4v) is 3.59. The van der Waals surface area contributed by atoms with Crippen molar-refractivity contribution in [3.8, 4) is 0 Å². The molecule has 0 bridgehead atoms. The van der Waals surface area contributed by atoms with Gasteiger partial charge in [0, 0.05) is 6.04 Å². The fraction of sp³-hybridized carbons (Fsp3) is 0.929. The molecule has 4 heteroatoms. The summed E-state index contributed by atoms with van der Waals surface area (Å²) < 4.78 is 0. The molecule has 0 aromatic carbocycles. The van der Waals surface area contributed by atoms with Gasteiger partial charge in [-0.1, -0.05) is 26.7 Å². The van der Waals surface area contributed by atoms with Gasteiger partial charge in [0.05, 0.1) is 6.04 Å². The van der Waals surface area contributed by atoms with E-state index in [1.54, 1.807) is 0 Å². The number of nitrogens with one attached hydrogen (secondary N) is 2. The van der Waals surface area contributed by atoms with Gasteiger partial charge in [0.25, 0.3) is 0 Å². The first-order chi connectivity index (χ1) is 8.67. The van der Waals surface area contributed by atoms with Gasteiger partial charge < -0.3 is 5.32 Å². The van der Waals surface area contributed by atoms with Crippen LogP contribution in [-0.4, -0.2) is 18.0 Å². The van der Waals surface area contributed by atoms with Gasteiger partial charge in [-0.05, 0) is 43.9 Å². The zero-order valence-electron chi connectivity index (χ0n) is 11.8. The van der Waals surface area contributed by atoms with E-state index in [4.69, 9.17) is 10.8 Å². The summed E-state index contributed by atoms with van der Waals surface area (Å²) in [4.78, 5) is 4.71. The highest BCUT2D eigenvalue weighted by molar-refractivity contribution is 5.79. The van der Waals surface area contributed by atoms with Crippen LogP contribution in [0.25, 0.3) is 0 Å². The number of nitrogens with zero attached hydrogens (tertiary/aromatic N) is 1. The quantitative estimate of drug-likeness (QED) is 0.305. The van der Waals surface area contributed by atoms with Crippen molar-refractivity contribution in [1.29, 1.82) is 0 Å². The van der Waals surface area contributed by atoms with E-state index >= 15 is 0 Å². The van der Waals surface area contributed by atoms with Crippen LogP contribution in [0.4, 0.5) is 0 Å². The minimum Gasteiger partial charge on any atom is -0.353 e. The number of hydrogen-bond acceptors (Lipinski definition) is 2. The van der Waals surface area contributed by atoms with Crippen molar-refractivity contribution in [2.45, 2.75) is 70.9 Å². The summed E-state index contributed by atoms with van der Waals surface area (Å²) >= 11 is 0. The van der Waals surface area contributed by atoms with Crippen molar-refractivity contribution in [1.82, 2.24) is 10.7 Å². The van der Waals surface area contributed by atoms with Gasteiger partial charge in [-0.15, -0.1) is 0 Å². The summed E-state index contributed by atoms with van der Waals surface area (Å²) in [6.45, 7) is 4.68. The van der Waals surface area contributed by atoms with E-state index in [-0.39, 0.29) is 0 Å². The molecule has 2 atom stereocenters. The molecule has 0 amide bonds. The molecule has 0 radical (unpaired) electrons. The summed E-state index contributed by atoms with van der Waals surface area (Å²) in [7, 11) is 0. The second-order valence-corrected chi connectivity index (χ2v) is 6.32. The van der Waals surface area contributed by atoms with Crippen molar-refractivity contribution in [3.63, 3.8) is 0 Å². The lowest BCUT2D eigenvalue weighted by Gasteiger charge is -2.32. The zero-order chi connectivity index (χ0) is 13.0. The van der Waals surface area contributed by atoms with E-state index < -0.39 is 0 Å². The molecule has 0 heterocycles. The maximum Gasteiger partial charge on any atom is 0.206 e. The predicted octanol–water partition coefficient (Wildman–Crippen LogP) is 2.16. The van der Waals surface area contributed by atoms with Gasteiger partial charge in [-0.2, -0.15) is 0 Å². The first-order valence-corrected chi connectivity index (χ1v) is 7.48. The van der Waals surface area contributed by atoms with E-state index in [0.29, 0.717) is 12.1 Å². The molecule has 2 unspecified atom stereocenters. The van der Waals surface area contributed by atoms with Crippen molar-refractivity contribution in [2.24, 2.45) is 22.7 Å². The first-order valence-electron chi connectivity index (χ1n) is 7.48. The van der Waals surface area contributed by atoms with Crippen molar-refractivity contribution in [3.05, 3.63) is 0 Å². The maximum atomic E-state index is 5.59. The number of hydrogen-bond donors (Lipinski definition) is 3. The van der Waals surface area contributed by atoms with Crippen LogP contribution in [0.15, 0.2) is 4.99 Å². The van der Waals surface area contributed by atoms with Crippen LogP contribution in [0.1, 0.15) is 58.8 Å². The van der Waals surface area contributed by atoms with Crippen molar-refractivity contribution in [2.75, 3.05) is 0 Å². The number of guanidine groups is 1. The largest absolute Gasteiger partial charge is 0.353 e. The minimum absolute atomic E-state index is 0.474. The highest BCUT2D eigenvalue weighted by Crippen LogP contribution is 2.28. The number of rotatable bonds is 2. The summed E-state index contributed by atoms with van der Waals surface area (Å²) in [6.07, 6.45) is 8.86. The smallest absolute Gasteiger partial charge is 0.206 e. The molecule has 2 fully saturated rings. The second-order valence-electron chi connectivity index (χ2n) is 6.32. The molecule has 0 spiro atoms. The SMILES string of the molecule is CC1CC(C)CC(NC(=NC2CCCC2)NN)C1. The van der Waals surface area contributed by atoms with E-state index in [1.165, 1.54) is 44.9 Å². The first kappa shape index (κ1) is 13.7. The van der Waals surface area contributed by atoms with Crippen LogP contribution in [-0.2, 0) is 0 Å². The molecule has 0 aliphatic heterocycles. The number of aliphatic imine (C=N–C) groups is 1. The molecular weight excluding hydrogens is 224 g/mol. The van der Waals surface area contributed by atoms with Gasteiger partial charge in [-0.3, -0.25) is 5.43 Å². The molecule has 0 aromatic rings. The van der Waals surface area contributed by atoms with Gasteiger partial charge in [0.15, 0.2) is 0 Å². The molecule has 18 heavy (non-hydrogen) atoms. The Hall–Kier alpha value is -0.770. The third-order valence-electron chi connectivity index (χ3n) is 4.29. The Bertz CT molecular complexity index is 274. The monoisotopic (exact) mass is 252 g/mol. The standard InChI is InChI=1S/C14H28N4/c1-10-7-11(2)9-13(8-10)17-14(18-15)16-12-5-3-4-6-12/h10-13H,3-9,15H2,1-2H3,(H2,16,17,18). The van der Waals surface area contributed by atoms with E-state index in [0.717, 1.165) is 17.8 Å². The van der Waals surface area contributed by atoms with Crippen LogP contribution in [0.2, 0.25) is 0 Å². The van der Waals surface area contributed by atoms with E-state index in [9.17, 15) is 0 Å². The van der Waals surface area contributed by atoms with Crippen LogP contribution in [0.5, 0.6) is 0 Å². The average molecular weight is 252 g/mol. The third-order valence-corrected chi connectivity index (χ3v) is 4.29. The molecule has 0 aromatic heterocycles. The van der Waals surface area contributed by atoms with E-state index in [2.05, 4.69) is 24.6 Å². The Morgan fingerprint density at radius 1 is 1.06 bits per heavy atom. The minimum atomic E-state index is 0.474. The molecule has 2 aliphatic carbocycles. The van der Waals surface area contributed by atoms with E-state index in [1.807, 2.05) is 0 Å². The zero-order valence-corrected chi connectivity index (χ0v) is 11.8. The third kappa shape index (κ3) is 3.87. The van der Waals surface area contributed by atoms with Crippen molar-refractivity contribution < 1.29 is 0 Å². The normalized spacial score (nSPS) is 34.6. The Morgan fingerprint density at radius 2 is 1.67 bits per heavy atom. The maximum absolute atomic E-state index is 5.59.